The van der Waals surface area contributed by atoms with Gasteiger partial charge in [-0.1, -0.05) is 33.6 Å². The molecule has 1 unspecified atom stereocenters. The maximum absolute atomic E-state index is 13.4. The minimum atomic E-state index is -0.291. The van der Waals surface area contributed by atoms with E-state index in [0.717, 1.165) is 22.4 Å². The van der Waals surface area contributed by atoms with E-state index in [4.69, 9.17) is 10.5 Å². The molecule has 0 radical (unpaired) electrons. The van der Waals surface area contributed by atoms with E-state index in [2.05, 4.69) is 15.9 Å². The molecule has 20 heavy (non-hydrogen) atoms. The van der Waals surface area contributed by atoms with Crippen LogP contribution < -0.4 is 10.5 Å². The van der Waals surface area contributed by atoms with E-state index in [1.54, 1.807) is 7.11 Å². The second kappa shape index (κ2) is 6.37. The summed E-state index contributed by atoms with van der Waals surface area (Å²) in [5.74, 6) is 0.516. The molecule has 2 N–H and O–H groups in total. The van der Waals surface area contributed by atoms with Crippen molar-refractivity contribution in [3.05, 3.63) is 63.4 Å². The fourth-order valence-electron chi connectivity index (χ4n) is 2.21. The number of halogens is 2. The first-order valence-corrected chi connectivity index (χ1v) is 7.14. The van der Waals surface area contributed by atoms with E-state index in [9.17, 15) is 4.39 Å². The standard InChI is InChI=1S/C16H17BrFNO/c1-10-3-4-16(20-2)12(5-10)8-15(19)11-6-13(17)9-14(18)7-11/h3-7,9,15H,8,19H2,1-2H3. The van der Waals surface area contributed by atoms with E-state index in [1.807, 2.05) is 31.2 Å². The largest absolute Gasteiger partial charge is 0.496 e. The number of rotatable bonds is 4. The molecule has 4 heteroatoms. The fourth-order valence-corrected chi connectivity index (χ4v) is 2.69. The molecule has 0 saturated carbocycles. The molecule has 0 aromatic heterocycles. The molecule has 1 atom stereocenters. The van der Waals surface area contributed by atoms with Crippen molar-refractivity contribution in [1.82, 2.24) is 0 Å². The zero-order valence-electron chi connectivity index (χ0n) is 11.5. The summed E-state index contributed by atoms with van der Waals surface area (Å²) in [7, 11) is 1.64. The van der Waals surface area contributed by atoms with Gasteiger partial charge in [0.2, 0.25) is 0 Å². The average Bonchev–Trinajstić information content (AvgIpc) is 2.37. The van der Waals surface area contributed by atoms with Crippen LogP contribution in [0.2, 0.25) is 0 Å². The number of ether oxygens (including phenoxy) is 1. The molecule has 0 heterocycles. The van der Waals surface area contributed by atoms with Crippen molar-refractivity contribution in [1.29, 1.82) is 0 Å². The van der Waals surface area contributed by atoms with E-state index in [-0.39, 0.29) is 11.9 Å². The Balaban J connectivity index is 2.27. The van der Waals surface area contributed by atoms with Gasteiger partial charge in [0.05, 0.1) is 7.11 Å². The third-order valence-corrected chi connectivity index (χ3v) is 3.65. The highest BCUT2D eigenvalue weighted by Crippen LogP contribution is 2.26. The molecule has 2 aromatic carbocycles. The van der Waals surface area contributed by atoms with Crippen molar-refractivity contribution in [2.75, 3.05) is 7.11 Å². The van der Waals surface area contributed by atoms with Gasteiger partial charge in [0.1, 0.15) is 11.6 Å². The molecule has 0 bridgehead atoms. The van der Waals surface area contributed by atoms with Gasteiger partial charge in [0.15, 0.2) is 0 Å². The van der Waals surface area contributed by atoms with Gasteiger partial charge in [0.25, 0.3) is 0 Å². The van der Waals surface area contributed by atoms with Crippen molar-refractivity contribution in [2.24, 2.45) is 5.73 Å². The molecule has 0 spiro atoms. The van der Waals surface area contributed by atoms with E-state index in [0.29, 0.717) is 10.9 Å². The van der Waals surface area contributed by atoms with Gasteiger partial charge >= 0.3 is 0 Å². The molecule has 0 saturated heterocycles. The Morgan fingerprint density at radius 3 is 2.65 bits per heavy atom. The van der Waals surface area contributed by atoms with Crippen LogP contribution in [-0.4, -0.2) is 7.11 Å². The first kappa shape index (κ1) is 15.0. The molecule has 0 aliphatic rings. The van der Waals surface area contributed by atoms with E-state index < -0.39 is 0 Å². The number of nitrogens with two attached hydrogens (primary N) is 1. The summed E-state index contributed by atoms with van der Waals surface area (Å²) < 4.78 is 19.5. The number of hydrogen-bond acceptors (Lipinski definition) is 2. The maximum atomic E-state index is 13.4. The summed E-state index contributed by atoms with van der Waals surface area (Å²) in [5.41, 5.74) is 9.13. The van der Waals surface area contributed by atoms with Gasteiger partial charge in [-0.05, 0) is 48.7 Å². The summed E-state index contributed by atoms with van der Waals surface area (Å²) in [6.45, 7) is 2.02. The first-order chi connectivity index (χ1) is 9.49. The molecule has 0 aliphatic carbocycles. The predicted molar refractivity (Wildman–Crippen MR) is 82.5 cm³/mol. The van der Waals surface area contributed by atoms with Gasteiger partial charge < -0.3 is 10.5 Å². The number of benzene rings is 2. The molecule has 0 fully saturated rings. The molecule has 2 aromatic rings. The topological polar surface area (TPSA) is 35.2 Å². The Kier molecular flexibility index (Phi) is 4.78. The quantitative estimate of drug-likeness (QED) is 0.909. The lowest BCUT2D eigenvalue weighted by Gasteiger charge is -2.16. The average molecular weight is 338 g/mol. The molecule has 0 amide bonds. The second-order valence-electron chi connectivity index (χ2n) is 4.83. The highest BCUT2D eigenvalue weighted by molar-refractivity contribution is 9.10. The maximum Gasteiger partial charge on any atom is 0.124 e. The predicted octanol–water partition coefficient (Wildman–Crippen LogP) is 4.15. The summed E-state index contributed by atoms with van der Waals surface area (Å²) >= 11 is 3.29. The molecular formula is C16H17BrFNO. The first-order valence-electron chi connectivity index (χ1n) is 6.34. The Morgan fingerprint density at radius 1 is 1.25 bits per heavy atom. The highest BCUT2D eigenvalue weighted by atomic mass is 79.9. The van der Waals surface area contributed by atoms with Crippen molar-refractivity contribution in [3.8, 4) is 5.75 Å². The van der Waals surface area contributed by atoms with Crippen LogP contribution in [-0.2, 0) is 6.42 Å². The normalized spacial score (nSPS) is 12.2. The lowest BCUT2D eigenvalue weighted by molar-refractivity contribution is 0.408. The summed E-state index contributed by atoms with van der Waals surface area (Å²) in [6.07, 6.45) is 0.598. The lowest BCUT2D eigenvalue weighted by atomic mass is 9.98. The minimum absolute atomic E-state index is 0.280. The number of aryl methyl sites for hydroxylation is 1. The SMILES string of the molecule is COc1ccc(C)cc1CC(N)c1cc(F)cc(Br)c1. The van der Waals surface area contributed by atoms with Gasteiger partial charge in [0, 0.05) is 10.5 Å². The summed E-state index contributed by atoms with van der Waals surface area (Å²) in [6, 6.07) is 10.4. The van der Waals surface area contributed by atoms with Crippen LogP contribution in [0.4, 0.5) is 4.39 Å². The Labute approximate surface area is 126 Å². The molecule has 106 valence electrons. The summed E-state index contributed by atoms with van der Waals surface area (Å²) in [4.78, 5) is 0. The lowest BCUT2D eigenvalue weighted by Crippen LogP contribution is -2.14. The fraction of sp³-hybridized carbons (Fsp3) is 0.250. The summed E-state index contributed by atoms with van der Waals surface area (Å²) in [5, 5.41) is 0. The number of methoxy groups -OCH3 is 1. The van der Waals surface area contributed by atoms with Crippen molar-refractivity contribution in [2.45, 2.75) is 19.4 Å². The minimum Gasteiger partial charge on any atom is -0.496 e. The molecule has 2 rings (SSSR count). The second-order valence-corrected chi connectivity index (χ2v) is 5.74. The zero-order valence-corrected chi connectivity index (χ0v) is 13.1. The highest BCUT2D eigenvalue weighted by Gasteiger charge is 2.12. The third-order valence-electron chi connectivity index (χ3n) is 3.19. The zero-order chi connectivity index (χ0) is 14.7. The van der Waals surface area contributed by atoms with Crippen LogP contribution in [0.1, 0.15) is 22.7 Å². The van der Waals surface area contributed by atoms with Crippen LogP contribution in [0.15, 0.2) is 40.9 Å². The van der Waals surface area contributed by atoms with Gasteiger partial charge in [-0.2, -0.15) is 0 Å². The third kappa shape index (κ3) is 3.58. The smallest absolute Gasteiger partial charge is 0.124 e. The van der Waals surface area contributed by atoms with E-state index >= 15 is 0 Å². The van der Waals surface area contributed by atoms with Crippen LogP contribution in [0.25, 0.3) is 0 Å². The van der Waals surface area contributed by atoms with Crippen LogP contribution in [0.3, 0.4) is 0 Å². The monoisotopic (exact) mass is 337 g/mol. The van der Waals surface area contributed by atoms with Gasteiger partial charge in [-0.3, -0.25) is 0 Å². The van der Waals surface area contributed by atoms with Crippen molar-refractivity contribution >= 4 is 15.9 Å². The molecule has 2 nitrogen and oxygen atoms in total. The van der Waals surface area contributed by atoms with Gasteiger partial charge in [-0.15, -0.1) is 0 Å². The van der Waals surface area contributed by atoms with Crippen molar-refractivity contribution in [3.63, 3.8) is 0 Å². The van der Waals surface area contributed by atoms with Crippen LogP contribution >= 0.6 is 15.9 Å². The Morgan fingerprint density at radius 2 is 2.00 bits per heavy atom. The Bertz CT molecular complexity index is 595. The van der Waals surface area contributed by atoms with E-state index in [1.165, 1.54) is 12.1 Å². The van der Waals surface area contributed by atoms with Crippen LogP contribution in [0.5, 0.6) is 5.75 Å². The number of hydrogen-bond donors (Lipinski definition) is 1. The van der Waals surface area contributed by atoms with Crippen molar-refractivity contribution < 1.29 is 9.13 Å². The Hall–Kier alpha value is -1.39. The molecular weight excluding hydrogens is 321 g/mol. The van der Waals surface area contributed by atoms with Crippen LogP contribution in [0, 0.1) is 12.7 Å². The molecule has 0 aliphatic heterocycles. The van der Waals surface area contributed by atoms with Gasteiger partial charge in [-0.25, -0.2) is 4.39 Å².